The SMILES string of the molecule is O=C(O)CCCN1C(=O)/C(=C/c2cc([N+](=O)[O-])ccc2Sc2ccc(C(F)(F)F)cn2)SC1=S. The lowest BCUT2D eigenvalue weighted by Crippen LogP contribution is -2.29. The molecule has 1 aliphatic heterocycles. The van der Waals surface area contributed by atoms with E-state index < -0.39 is 28.5 Å². The normalized spacial score (nSPS) is 15.3. The first-order valence-electron chi connectivity index (χ1n) is 9.42. The number of carbonyl (C=O) groups is 2. The highest BCUT2D eigenvalue weighted by Gasteiger charge is 2.32. The van der Waals surface area contributed by atoms with Crippen molar-refractivity contribution in [3.63, 3.8) is 0 Å². The van der Waals surface area contributed by atoms with E-state index >= 15 is 0 Å². The number of benzene rings is 1. The number of halogens is 3. The molecule has 14 heteroatoms. The van der Waals surface area contributed by atoms with Gasteiger partial charge in [-0.3, -0.25) is 24.6 Å². The third kappa shape index (κ3) is 6.33. The number of aromatic nitrogens is 1. The minimum absolute atomic E-state index is 0.111. The van der Waals surface area contributed by atoms with Crippen molar-refractivity contribution in [2.75, 3.05) is 6.54 Å². The van der Waals surface area contributed by atoms with Gasteiger partial charge in [-0.2, -0.15) is 13.2 Å². The number of nitro groups is 1. The fourth-order valence-corrected chi connectivity index (χ4v) is 4.94. The van der Waals surface area contributed by atoms with Crippen LogP contribution in [0.2, 0.25) is 0 Å². The zero-order valence-electron chi connectivity index (χ0n) is 16.9. The minimum atomic E-state index is -4.53. The molecule has 0 atom stereocenters. The quantitative estimate of drug-likeness (QED) is 0.213. The Morgan fingerprint density at radius 1 is 1.32 bits per heavy atom. The van der Waals surface area contributed by atoms with Gasteiger partial charge >= 0.3 is 12.1 Å². The molecule has 1 aliphatic rings. The fourth-order valence-electron chi connectivity index (χ4n) is 2.80. The lowest BCUT2D eigenvalue weighted by atomic mass is 10.2. The summed E-state index contributed by atoms with van der Waals surface area (Å²) in [4.78, 5) is 39.8. The largest absolute Gasteiger partial charge is 0.481 e. The van der Waals surface area contributed by atoms with Crippen LogP contribution in [0.4, 0.5) is 18.9 Å². The van der Waals surface area contributed by atoms with E-state index in [1.54, 1.807) is 0 Å². The number of pyridine rings is 1. The summed E-state index contributed by atoms with van der Waals surface area (Å²) < 4.78 is 38.6. The number of rotatable bonds is 8. The summed E-state index contributed by atoms with van der Waals surface area (Å²) in [6.45, 7) is 0.111. The Morgan fingerprint density at radius 2 is 2.06 bits per heavy atom. The smallest absolute Gasteiger partial charge is 0.417 e. The molecule has 8 nitrogen and oxygen atoms in total. The number of carbonyl (C=O) groups excluding carboxylic acids is 1. The minimum Gasteiger partial charge on any atom is -0.481 e. The highest BCUT2D eigenvalue weighted by atomic mass is 32.2. The van der Waals surface area contributed by atoms with Crippen molar-refractivity contribution in [3.8, 4) is 0 Å². The maximum absolute atomic E-state index is 12.8. The van der Waals surface area contributed by atoms with E-state index in [9.17, 15) is 32.9 Å². The molecule has 1 saturated heterocycles. The van der Waals surface area contributed by atoms with Gasteiger partial charge in [0.1, 0.15) is 9.35 Å². The molecule has 1 aromatic heterocycles. The Kier molecular flexibility index (Phi) is 7.94. The third-order valence-electron chi connectivity index (χ3n) is 4.41. The Balaban J connectivity index is 1.89. The van der Waals surface area contributed by atoms with Crippen LogP contribution in [0.1, 0.15) is 24.0 Å². The summed E-state index contributed by atoms with van der Waals surface area (Å²) in [5.41, 5.74) is -0.868. The molecular formula is C20H14F3N3O5S3. The summed E-state index contributed by atoms with van der Waals surface area (Å²) in [6.07, 6.45) is -2.37. The Morgan fingerprint density at radius 3 is 2.65 bits per heavy atom. The number of carboxylic acid groups (broad SMARTS) is 1. The standard InChI is InChI=1S/C20H14F3N3O5S3/c21-20(22,23)12-3-6-16(24-10-12)33-14-5-4-13(26(30)31)8-11(14)9-15-18(29)25(19(32)34-15)7-1-2-17(27)28/h3-6,8-10H,1-2,7H2,(H,27,28)/b15-9-. The predicted octanol–water partition coefficient (Wildman–Crippen LogP) is 5.23. The summed E-state index contributed by atoms with van der Waals surface area (Å²) in [7, 11) is 0. The van der Waals surface area contributed by atoms with Crippen LogP contribution < -0.4 is 0 Å². The number of nitro benzene ring substituents is 1. The molecule has 1 amide bonds. The number of hydrogen-bond acceptors (Lipinski definition) is 8. The van der Waals surface area contributed by atoms with E-state index in [1.807, 2.05) is 0 Å². The van der Waals surface area contributed by atoms with Crippen molar-refractivity contribution in [1.82, 2.24) is 9.88 Å². The highest BCUT2D eigenvalue weighted by molar-refractivity contribution is 8.26. The molecule has 2 heterocycles. The topological polar surface area (TPSA) is 114 Å². The van der Waals surface area contributed by atoms with Crippen LogP contribution in [0.25, 0.3) is 6.08 Å². The zero-order chi connectivity index (χ0) is 25.0. The number of thioether (sulfide) groups is 1. The molecule has 0 unspecified atom stereocenters. The second-order valence-electron chi connectivity index (χ2n) is 6.79. The van der Waals surface area contributed by atoms with Crippen LogP contribution >= 0.6 is 35.7 Å². The van der Waals surface area contributed by atoms with Gasteiger partial charge in [0.15, 0.2) is 0 Å². The van der Waals surface area contributed by atoms with Crippen LogP contribution in [0.3, 0.4) is 0 Å². The molecule has 178 valence electrons. The lowest BCUT2D eigenvalue weighted by molar-refractivity contribution is -0.384. The van der Waals surface area contributed by atoms with E-state index in [0.717, 1.165) is 29.6 Å². The van der Waals surface area contributed by atoms with Gasteiger partial charge in [0.25, 0.3) is 11.6 Å². The summed E-state index contributed by atoms with van der Waals surface area (Å²) in [6, 6.07) is 5.95. The molecule has 0 aliphatic carbocycles. The second-order valence-corrected chi connectivity index (χ2v) is 9.53. The fraction of sp³-hybridized carbons (Fsp3) is 0.200. The highest BCUT2D eigenvalue weighted by Crippen LogP contribution is 2.38. The monoisotopic (exact) mass is 529 g/mol. The molecule has 1 N–H and O–H groups in total. The maximum atomic E-state index is 12.8. The van der Waals surface area contributed by atoms with Crippen molar-refractivity contribution in [2.24, 2.45) is 0 Å². The Hall–Kier alpha value is -2.97. The summed E-state index contributed by atoms with van der Waals surface area (Å²) >= 11 is 7.15. The van der Waals surface area contributed by atoms with Gasteiger partial charge in [0.2, 0.25) is 0 Å². The molecule has 0 bridgehead atoms. The van der Waals surface area contributed by atoms with E-state index in [1.165, 1.54) is 35.2 Å². The number of carboxylic acids is 1. The number of alkyl halides is 3. The van der Waals surface area contributed by atoms with Crippen LogP contribution in [0, 0.1) is 10.1 Å². The van der Waals surface area contributed by atoms with Gasteiger partial charge in [0.05, 0.1) is 15.4 Å². The third-order valence-corrected chi connectivity index (χ3v) is 6.84. The molecular weight excluding hydrogens is 515 g/mol. The number of aliphatic carboxylic acids is 1. The van der Waals surface area contributed by atoms with Gasteiger partial charge in [-0.25, -0.2) is 4.98 Å². The molecule has 34 heavy (non-hydrogen) atoms. The zero-order valence-corrected chi connectivity index (χ0v) is 19.4. The molecule has 0 spiro atoms. The van der Waals surface area contributed by atoms with Crippen molar-refractivity contribution in [3.05, 3.63) is 62.7 Å². The molecule has 0 radical (unpaired) electrons. The van der Waals surface area contributed by atoms with Crippen molar-refractivity contribution < 1.29 is 32.8 Å². The average molecular weight is 530 g/mol. The van der Waals surface area contributed by atoms with Gasteiger partial charge in [0, 0.05) is 36.2 Å². The molecule has 1 aromatic carbocycles. The first kappa shape index (κ1) is 25.6. The van der Waals surface area contributed by atoms with Crippen molar-refractivity contribution in [2.45, 2.75) is 28.9 Å². The molecule has 2 aromatic rings. The van der Waals surface area contributed by atoms with E-state index in [2.05, 4.69) is 4.98 Å². The summed E-state index contributed by atoms with van der Waals surface area (Å²) in [5.74, 6) is -1.47. The molecule has 1 fully saturated rings. The number of nitrogens with zero attached hydrogens (tertiary/aromatic N) is 3. The van der Waals surface area contributed by atoms with E-state index in [-0.39, 0.29) is 44.9 Å². The maximum Gasteiger partial charge on any atom is 0.417 e. The number of hydrogen-bond donors (Lipinski definition) is 1. The molecule has 0 saturated carbocycles. The van der Waals surface area contributed by atoms with Gasteiger partial charge < -0.3 is 5.11 Å². The number of non-ortho nitro benzene ring substituents is 1. The second kappa shape index (κ2) is 10.5. The first-order chi connectivity index (χ1) is 16.0. The number of thiocarbonyl (C=S) groups is 1. The predicted molar refractivity (Wildman–Crippen MR) is 123 cm³/mol. The van der Waals surface area contributed by atoms with Crippen LogP contribution in [0.5, 0.6) is 0 Å². The van der Waals surface area contributed by atoms with Gasteiger partial charge in [-0.15, -0.1) is 0 Å². The first-order valence-corrected chi connectivity index (χ1v) is 11.5. The lowest BCUT2D eigenvalue weighted by Gasteiger charge is -2.13. The van der Waals surface area contributed by atoms with Crippen LogP contribution in [-0.4, -0.2) is 42.7 Å². The summed E-state index contributed by atoms with van der Waals surface area (Å²) in [5, 5.41) is 20.2. The van der Waals surface area contributed by atoms with Gasteiger partial charge in [-0.05, 0) is 36.3 Å². The Labute approximate surface area is 204 Å². The molecule has 3 rings (SSSR count). The Bertz CT molecular complexity index is 1190. The van der Waals surface area contributed by atoms with Crippen LogP contribution in [0.15, 0.2) is 51.4 Å². The number of amides is 1. The van der Waals surface area contributed by atoms with Gasteiger partial charge in [-0.1, -0.05) is 35.7 Å². The van der Waals surface area contributed by atoms with E-state index in [0.29, 0.717) is 11.1 Å². The average Bonchev–Trinajstić information content (AvgIpc) is 3.01. The van der Waals surface area contributed by atoms with E-state index in [4.69, 9.17) is 17.3 Å². The van der Waals surface area contributed by atoms with Crippen LogP contribution in [-0.2, 0) is 15.8 Å². The van der Waals surface area contributed by atoms with Crippen molar-refractivity contribution >= 4 is 63.7 Å². The van der Waals surface area contributed by atoms with Crippen molar-refractivity contribution in [1.29, 1.82) is 0 Å².